The molecule has 0 atom stereocenters. The third-order valence-corrected chi connectivity index (χ3v) is 5.74. The third kappa shape index (κ3) is 5.58. The molecule has 1 amide bonds. The van der Waals surface area contributed by atoms with Crippen LogP contribution in [0.4, 0.5) is 0 Å². The highest BCUT2D eigenvalue weighted by Gasteiger charge is 2.14. The first-order chi connectivity index (χ1) is 16.4. The molecular formula is C25H24ClN3O5. The number of esters is 1. The van der Waals surface area contributed by atoms with Crippen LogP contribution in [-0.2, 0) is 27.4 Å². The van der Waals surface area contributed by atoms with Gasteiger partial charge in [0.15, 0.2) is 18.1 Å². The summed E-state index contributed by atoms with van der Waals surface area (Å²) in [7, 11) is 0. The maximum Gasteiger partial charge on any atom is 0.331 e. The van der Waals surface area contributed by atoms with Crippen molar-refractivity contribution in [2.45, 2.75) is 26.9 Å². The predicted octanol–water partition coefficient (Wildman–Crippen LogP) is 3.80. The van der Waals surface area contributed by atoms with E-state index < -0.39 is 11.9 Å². The number of halogens is 1. The summed E-state index contributed by atoms with van der Waals surface area (Å²) in [5.41, 5.74) is 4.29. The van der Waals surface area contributed by atoms with Gasteiger partial charge < -0.3 is 19.5 Å². The Balaban J connectivity index is 1.28. The second kappa shape index (κ2) is 10.4. The van der Waals surface area contributed by atoms with E-state index in [0.717, 1.165) is 28.1 Å². The zero-order valence-electron chi connectivity index (χ0n) is 18.8. The fraction of sp³-hybridized carbons (Fsp3) is 0.240. The summed E-state index contributed by atoms with van der Waals surface area (Å²) < 4.78 is 17.5. The first-order valence-electron chi connectivity index (χ1n) is 10.7. The Kier molecular flexibility index (Phi) is 7.18. The number of carbonyl (C=O) groups is 2. The van der Waals surface area contributed by atoms with Gasteiger partial charge in [-0.15, -0.1) is 0 Å². The SMILES string of the molecule is Cc1nn(Cc2ccccc2Cl)c(C)c1C=CC(=O)OCC(=O)NCc1ccc2c(c1)OCO2. The summed E-state index contributed by atoms with van der Waals surface area (Å²) in [6, 6.07) is 13.0. The van der Waals surface area contributed by atoms with Crippen molar-refractivity contribution < 1.29 is 23.8 Å². The molecule has 0 bridgehead atoms. The lowest BCUT2D eigenvalue weighted by Gasteiger charge is -2.07. The quantitative estimate of drug-likeness (QED) is 0.388. The molecule has 0 unspecified atom stereocenters. The van der Waals surface area contributed by atoms with E-state index in [1.807, 2.05) is 48.9 Å². The molecule has 0 saturated heterocycles. The molecule has 34 heavy (non-hydrogen) atoms. The molecule has 3 aromatic rings. The van der Waals surface area contributed by atoms with Crippen LogP contribution >= 0.6 is 11.6 Å². The number of aromatic nitrogens is 2. The number of amides is 1. The molecular weight excluding hydrogens is 458 g/mol. The van der Waals surface area contributed by atoms with E-state index in [4.69, 9.17) is 25.8 Å². The van der Waals surface area contributed by atoms with Gasteiger partial charge in [-0.25, -0.2) is 4.79 Å². The Morgan fingerprint density at radius 2 is 1.97 bits per heavy atom. The number of benzene rings is 2. The largest absolute Gasteiger partial charge is 0.454 e. The molecule has 0 spiro atoms. The van der Waals surface area contributed by atoms with Gasteiger partial charge in [-0.05, 0) is 49.2 Å². The predicted molar refractivity (Wildman–Crippen MR) is 127 cm³/mol. The summed E-state index contributed by atoms with van der Waals surface area (Å²) >= 11 is 6.26. The van der Waals surface area contributed by atoms with E-state index in [2.05, 4.69) is 10.4 Å². The lowest BCUT2D eigenvalue weighted by atomic mass is 10.1. The number of nitrogens with one attached hydrogen (secondary N) is 1. The Hall–Kier alpha value is -3.78. The number of fused-ring (bicyclic) bond motifs is 1. The lowest BCUT2D eigenvalue weighted by molar-refractivity contribution is -0.143. The van der Waals surface area contributed by atoms with Crippen molar-refractivity contribution in [3.05, 3.63) is 81.6 Å². The summed E-state index contributed by atoms with van der Waals surface area (Å²) in [6.07, 6.45) is 2.94. The van der Waals surface area contributed by atoms with Crippen molar-refractivity contribution >= 4 is 29.6 Å². The average molecular weight is 482 g/mol. The first-order valence-corrected chi connectivity index (χ1v) is 11.1. The second-order valence-corrected chi connectivity index (χ2v) is 8.15. The molecule has 2 heterocycles. The molecule has 0 aliphatic carbocycles. The Bertz CT molecular complexity index is 1250. The molecule has 9 heteroatoms. The van der Waals surface area contributed by atoms with Gasteiger partial charge in [0, 0.05) is 28.9 Å². The number of carbonyl (C=O) groups excluding carboxylic acids is 2. The summed E-state index contributed by atoms with van der Waals surface area (Å²) in [4.78, 5) is 24.2. The summed E-state index contributed by atoms with van der Waals surface area (Å²) in [5, 5.41) is 7.93. The van der Waals surface area contributed by atoms with Crippen LogP contribution in [0.25, 0.3) is 6.08 Å². The molecule has 1 N–H and O–H groups in total. The zero-order valence-corrected chi connectivity index (χ0v) is 19.6. The minimum absolute atomic E-state index is 0.190. The van der Waals surface area contributed by atoms with Crippen LogP contribution in [0.3, 0.4) is 0 Å². The van der Waals surface area contributed by atoms with Gasteiger partial charge in [0.05, 0.1) is 12.2 Å². The van der Waals surface area contributed by atoms with E-state index in [1.54, 1.807) is 18.2 Å². The van der Waals surface area contributed by atoms with Crippen molar-refractivity contribution in [2.75, 3.05) is 13.4 Å². The van der Waals surface area contributed by atoms with Gasteiger partial charge in [-0.1, -0.05) is 35.9 Å². The summed E-state index contributed by atoms with van der Waals surface area (Å²) in [6.45, 7) is 4.41. The Morgan fingerprint density at radius 3 is 2.79 bits per heavy atom. The normalized spacial score (nSPS) is 12.2. The van der Waals surface area contributed by atoms with Crippen LogP contribution in [0.2, 0.25) is 5.02 Å². The summed E-state index contributed by atoms with van der Waals surface area (Å²) in [5.74, 6) is 0.301. The van der Waals surface area contributed by atoms with E-state index in [9.17, 15) is 9.59 Å². The number of rotatable bonds is 8. The van der Waals surface area contributed by atoms with Crippen molar-refractivity contribution in [1.82, 2.24) is 15.1 Å². The lowest BCUT2D eigenvalue weighted by Crippen LogP contribution is -2.28. The minimum atomic E-state index is -0.615. The second-order valence-electron chi connectivity index (χ2n) is 7.74. The smallest absolute Gasteiger partial charge is 0.331 e. The fourth-order valence-corrected chi connectivity index (χ4v) is 3.73. The van der Waals surface area contributed by atoms with Crippen molar-refractivity contribution in [1.29, 1.82) is 0 Å². The van der Waals surface area contributed by atoms with Crippen LogP contribution in [0, 0.1) is 13.8 Å². The molecule has 0 radical (unpaired) electrons. The van der Waals surface area contributed by atoms with Gasteiger partial charge in [-0.3, -0.25) is 9.48 Å². The van der Waals surface area contributed by atoms with E-state index in [0.29, 0.717) is 23.1 Å². The molecule has 0 saturated carbocycles. The van der Waals surface area contributed by atoms with Crippen LogP contribution in [-0.4, -0.2) is 35.1 Å². The van der Waals surface area contributed by atoms with Crippen molar-refractivity contribution in [3.63, 3.8) is 0 Å². The number of nitrogens with zero attached hydrogens (tertiary/aromatic N) is 2. The first kappa shape index (κ1) is 23.4. The highest BCUT2D eigenvalue weighted by Crippen LogP contribution is 2.32. The monoisotopic (exact) mass is 481 g/mol. The van der Waals surface area contributed by atoms with Crippen LogP contribution in [0.1, 0.15) is 28.1 Å². The highest BCUT2D eigenvalue weighted by molar-refractivity contribution is 6.31. The van der Waals surface area contributed by atoms with Crippen molar-refractivity contribution in [3.8, 4) is 11.5 Å². The van der Waals surface area contributed by atoms with E-state index in [-0.39, 0.29) is 19.9 Å². The number of ether oxygens (including phenoxy) is 3. The van der Waals surface area contributed by atoms with Gasteiger partial charge in [0.2, 0.25) is 6.79 Å². The van der Waals surface area contributed by atoms with Crippen LogP contribution in [0.5, 0.6) is 11.5 Å². The Morgan fingerprint density at radius 1 is 1.18 bits per heavy atom. The molecule has 1 aromatic heterocycles. The maximum atomic E-state index is 12.1. The molecule has 8 nitrogen and oxygen atoms in total. The maximum absolute atomic E-state index is 12.1. The number of hydrogen-bond donors (Lipinski definition) is 1. The van der Waals surface area contributed by atoms with Crippen LogP contribution in [0.15, 0.2) is 48.5 Å². The Labute approximate surface area is 202 Å². The number of hydrogen-bond acceptors (Lipinski definition) is 6. The third-order valence-electron chi connectivity index (χ3n) is 5.37. The molecule has 1 aliphatic rings. The van der Waals surface area contributed by atoms with Crippen LogP contribution < -0.4 is 14.8 Å². The van der Waals surface area contributed by atoms with E-state index in [1.165, 1.54) is 6.08 Å². The standard InChI is InChI=1S/C25H24ClN3O5/c1-16-20(17(2)29(28-16)13-19-5-3-4-6-21(19)26)8-10-25(31)32-14-24(30)27-12-18-7-9-22-23(11-18)34-15-33-22/h3-11H,12-15H2,1-2H3,(H,27,30). The average Bonchev–Trinajstić information content (AvgIpc) is 3.40. The molecule has 4 rings (SSSR count). The van der Waals surface area contributed by atoms with Gasteiger partial charge >= 0.3 is 5.97 Å². The van der Waals surface area contributed by atoms with E-state index >= 15 is 0 Å². The zero-order chi connectivity index (χ0) is 24.1. The van der Waals surface area contributed by atoms with Gasteiger partial charge in [0.1, 0.15) is 0 Å². The fourth-order valence-electron chi connectivity index (χ4n) is 3.53. The topological polar surface area (TPSA) is 91.7 Å². The van der Waals surface area contributed by atoms with Gasteiger partial charge in [-0.2, -0.15) is 5.10 Å². The minimum Gasteiger partial charge on any atom is -0.454 e. The molecule has 1 aliphatic heterocycles. The molecule has 176 valence electrons. The number of aryl methyl sites for hydroxylation is 1. The highest BCUT2D eigenvalue weighted by atomic mass is 35.5. The molecule has 2 aromatic carbocycles. The van der Waals surface area contributed by atoms with Gasteiger partial charge in [0.25, 0.3) is 5.91 Å². The van der Waals surface area contributed by atoms with Crippen molar-refractivity contribution in [2.24, 2.45) is 0 Å². The molecule has 0 fully saturated rings.